The van der Waals surface area contributed by atoms with Crippen LogP contribution in [0.2, 0.25) is 0 Å². The average Bonchev–Trinajstić information content (AvgIpc) is 2.55. The van der Waals surface area contributed by atoms with E-state index in [0.717, 1.165) is 5.92 Å². The van der Waals surface area contributed by atoms with Crippen molar-refractivity contribution in [1.82, 2.24) is 5.32 Å². The number of fused-ring (bicyclic) bond motifs is 1. The Labute approximate surface area is 128 Å². The fourth-order valence-corrected chi connectivity index (χ4v) is 3.74. The Morgan fingerprint density at radius 1 is 0.905 bits per heavy atom. The molecule has 0 heterocycles. The molecule has 112 valence electrons. The van der Waals surface area contributed by atoms with E-state index >= 15 is 0 Å². The van der Waals surface area contributed by atoms with Gasteiger partial charge in [-0.15, -0.1) is 0 Å². The molecule has 21 heavy (non-hydrogen) atoms. The van der Waals surface area contributed by atoms with Crippen LogP contribution in [0.25, 0.3) is 10.8 Å². The van der Waals surface area contributed by atoms with Crippen molar-refractivity contribution in [1.29, 1.82) is 0 Å². The standard InChI is InChI=1S/C20H27N/c1-15(17-8-4-3-5-9-17)21-16(2)19-13-12-18-10-6-7-11-20(18)14-19/h6-7,10-17,21H,3-5,8-9H2,1-2H3/t15-,16?/m1/s1. The Kier molecular flexibility index (Phi) is 4.60. The smallest absolute Gasteiger partial charge is 0.0294 e. The van der Waals surface area contributed by atoms with Gasteiger partial charge >= 0.3 is 0 Å². The third-order valence-electron chi connectivity index (χ3n) is 5.14. The Hall–Kier alpha value is -1.34. The zero-order valence-electron chi connectivity index (χ0n) is 13.3. The zero-order valence-corrected chi connectivity index (χ0v) is 13.3. The maximum atomic E-state index is 3.83. The summed E-state index contributed by atoms with van der Waals surface area (Å²) < 4.78 is 0. The topological polar surface area (TPSA) is 12.0 Å². The highest BCUT2D eigenvalue weighted by atomic mass is 14.9. The zero-order chi connectivity index (χ0) is 14.7. The van der Waals surface area contributed by atoms with E-state index < -0.39 is 0 Å². The van der Waals surface area contributed by atoms with Gasteiger partial charge in [-0.3, -0.25) is 0 Å². The van der Waals surface area contributed by atoms with Crippen LogP contribution in [0.4, 0.5) is 0 Å². The van der Waals surface area contributed by atoms with Crippen molar-refractivity contribution in [2.75, 3.05) is 0 Å². The van der Waals surface area contributed by atoms with E-state index in [0.29, 0.717) is 12.1 Å². The van der Waals surface area contributed by atoms with E-state index in [-0.39, 0.29) is 0 Å². The van der Waals surface area contributed by atoms with Gasteiger partial charge in [-0.25, -0.2) is 0 Å². The molecule has 0 aliphatic heterocycles. The molecule has 0 bridgehead atoms. The minimum absolute atomic E-state index is 0.423. The fraction of sp³-hybridized carbons (Fsp3) is 0.500. The van der Waals surface area contributed by atoms with E-state index in [1.165, 1.54) is 48.4 Å². The van der Waals surface area contributed by atoms with Gasteiger partial charge in [0.25, 0.3) is 0 Å². The van der Waals surface area contributed by atoms with Crippen molar-refractivity contribution in [3.8, 4) is 0 Å². The van der Waals surface area contributed by atoms with Gasteiger partial charge in [-0.1, -0.05) is 55.7 Å². The third kappa shape index (κ3) is 3.47. The quantitative estimate of drug-likeness (QED) is 0.784. The molecule has 2 aromatic rings. The molecule has 2 aromatic carbocycles. The van der Waals surface area contributed by atoms with Crippen molar-refractivity contribution >= 4 is 10.8 Å². The first-order chi connectivity index (χ1) is 10.2. The number of rotatable bonds is 4. The van der Waals surface area contributed by atoms with Gasteiger partial charge in [0.15, 0.2) is 0 Å². The van der Waals surface area contributed by atoms with Crippen molar-refractivity contribution in [2.24, 2.45) is 5.92 Å². The van der Waals surface area contributed by atoms with Crippen LogP contribution in [0, 0.1) is 5.92 Å². The van der Waals surface area contributed by atoms with E-state index in [1.807, 2.05) is 0 Å². The summed E-state index contributed by atoms with van der Waals surface area (Å²) >= 11 is 0. The Balaban J connectivity index is 1.69. The maximum Gasteiger partial charge on any atom is 0.0294 e. The predicted octanol–water partition coefficient (Wildman–Crippen LogP) is 5.46. The van der Waals surface area contributed by atoms with Gasteiger partial charge in [-0.2, -0.15) is 0 Å². The minimum atomic E-state index is 0.423. The molecule has 1 saturated carbocycles. The van der Waals surface area contributed by atoms with Gasteiger partial charge in [-0.05, 0) is 55.0 Å². The number of hydrogen-bond donors (Lipinski definition) is 1. The molecule has 0 radical (unpaired) electrons. The highest BCUT2D eigenvalue weighted by Crippen LogP contribution is 2.28. The van der Waals surface area contributed by atoms with Crippen molar-refractivity contribution < 1.29 is 0 Å². The van der Waals surface area contributed by atoms with Crippen molar-refractivity contribution in [3.63, 3.8) is 0 Å². The van der Waals surface area contributed by atoms with Crippen LogP contribution < -0.4 is 5.32 Å². The third-order valence-corrected chi connectivity index (χ3v) is 5.14. The Morgan fingerprint density at radius 2 is 1.62 bits per heavy atom. The van der Waals surface area contributed by atoms with Gasteiger partial charge < -0.3 is 5.32 Å². The largest absolute Gasteiger partial charge is 0.307 e. The SMILES string of the molecule is CC(N[C@H](C)C1CCCCC1)c1ccc2ccccc2c1. The summed E-state index contributed by atoms with van der Waals surface area (Å²) in [4.78, 5) is 0. The Morgan fingerprint density at radius 3 is 2.38 bits per heavy atom. The lowest BCUT2D eigenvalue weighted by Gasteiger charge is -2.31. The molecule has 3 rings (SSSR count). The van der Waals surface area contributed by atoms with Crippen LogP contribution in [0.15, 0.2) is 42.5 Å². The number of benzene rings is 2. The summed E-state index contributed by atoms with van der Waals surface area (Å²) in [6.07, 6.45) is 7.07. The summed E-state index contributed by atoms with van der Waals surface area (Å²) in [6, 6.07) is 16.5. The van der Waals surface area contributed by atoms with Crippen LogP contribution >= 0.6 is 0 Å². The molecule has 1 nitrogen and oxygen atoms in total. The summed E-state index contributed by atoms with van der Waals surface area (Å²) in [5, 5.41) is 6.50. The van der Waals surface area contributed by atoms with Crippen LogP contribution in [0.5, 0.6) is 0 Å². The van der Waals surface area contributed by atoms with E-state index in [2.05, 4.69) is 61.6 Å². The molecule has 2 atom stereocenters. The van der Waals surface area contributed by atoms with Gasteiger partial charge in [0.1, 0.15) is 0 Å². The summed E-state index contributed by atoms with van der Waals surface area (Å²) in [7, 11) is 0. The number of hydrogen-bond acceptors (Lipinski definition) is 1. The van der Waals surface area contributed by atoms with Gasteiger partial charge in [0, 0.05) is 12.1 Å². The van der Waals surface area contributed by atoms with E-state index in [4.69, 9.17) is 0 Å². The highest BCUT2D eigenvalue weighted by Gasteiger charge is 2.21. The monoisotopic (exact) mass is 281 g/mol. The number of nitrogens with one attached hydrogen (secondary N) is 1. The van der Waals surface area contributed by atoms with E-state index in [1.54, 1.807) is 0 Å². The molecule has 0 spiro atoms. The average molecular weight is 281 g/mol. The van der Waals surface area contributed by atoms with Crippen LogP contribution in [0.1, 0.15) is 57.6 Å². The Bertz CT molecular complexity index is 583. The second-order valence-electron chi connectivity index (χ2n) is 6.68. The predicted molar refractivity (Wildman–Crippen MR) is 91.5 cm³/mol. The van der Waals surface area contributed by atoms with Crippen LogP contribution in [0.3, 0.4) is 0 Å². The summed E-state index contributed by atoms with van der Waals surface area (Å²) in [5.41, 5.74) is 1.40. The molecule has 0 amide bonds. The maximum absolute atomic E-state index is 3.83. The molecule has 0 saturated heterocycles. The molecule has 1 heteroatoms. The van der Waals surface area contributed by atoms with Crippen molar-refractivity contribution in [3.05, 3.63) is 48.0 Å². The molecule has 0 aromatic heterocycles. The van der Waals surface area contributed by atoms with Crippen LogP contribution in [-0.2, 0) is 0 Å². The lowest BCUT2D eigenvalue weighted by Crippen LogP contribution is -2.36. The minimum Gasteiger partial charge on any atom is -0.307 e. The first-order valence-electron chi connectivity index (χ1n) is 8.49. The molecule has 1 aliphatic rings. The van der Waals surface area contributed by atoms with Gasteiger partial charge in [0.05, 0.1) is 0 Å². The summed E-state index contributed by atoms with van der Waals surface area (Å²) in [5.74, 6) is 0.863. The van der Waals surface area contributed by atoms with E-state index in [9.17, 15) is 0 Å². The van der Waals surface area contributed by atoms with Crippen LogP contribution in [-0.4, -0.2) is 6.04 Å². The molecule has 1 aliphatic carbocycles. The first kappa shape index (κ1) is 14.6. The second kappa shape index (κ2) is 6.62. The second-order valence-corrected chi connectivity index (χ2v) is 6.68. The summed E-state index contributed by atoms with van der Waals surface area (Å²) in [6.45, 7) is 4.66. The molecular weight excluding hydrogens is 254 g/mol. The lowest BCUT2D eigenvalue weighted by atomic mass is 9.84. The molecule has 1 N–H and O–H groups in total. The first-order valence-corrected chi connectivity index (χ1v) is 8.49. The molecule has 1 fully saturated rings. The molecule has 1 unspecified atom stereocenters. The van der Waals surface area contributed by atoms with Gasteiger partial charge in [0.2, 0.25) is 0 Å². The highest BCUT2D eigenvalue weighted by molar-refractivity contribution is 5.83. The molecular formula is C20H27N. The van der Waals surface area contributed by atoms with Crippen molar-refractivity contribution in [2.45, 2.75) is 58.0 Å². The normalized spacial score (nSPS) is 19.5. The lowest BCUT2D eigenvalue weighted by molar-refractivity contribution is 0.268. The fourth-order valence-electron chi connectivity index (χ4n) is 3.74.